The summed E-state index contributed by atoms with van der Waals surface area (Å²) in [5.74, 6) is 0.877. The van der Waals surface area contributed by atoms with Gasteiger partial charge in [0.05, 0.1) is 11.2 Å². The predicted molar refractivity (Wildman–Crippen MR) is 84.5 cm³/mol. The van der Waals surface area contributed by atoms with Gasteiger partial charge >= 0.3 is 0 Å². The number of aromatic nitrogens is 3. The summed E-state index contributed by atoms with van der Waals surface area (Å²) >= 11 is 3.19. The molecular weight excluding hydrogens is 318 g/mol. The van der Waals surface area contributed by atoms with E-state index in [9.17, 15) is 0 Å². The lowest BCUT2D eigenvalue weighted by molar-refractivity contribution is 1.24. The minimum absolute atomic E-state index is 0.237. The van der Waals surface area contributed by atoms with Gasteiger partial charge in [0.2, 0.25) is 5.95 Å². The van der Waals surface area contributed by atoms with Crippen molar-refractivity contribution in [3.63, 3.8) is 0 Å². The molecule has 3 N–H and O–H groups in total. The average molecular weight is 330 g/mol. The summed E-state index contributed by atoms with van der Waals surface area (Å²) in [5, 5.41) is 0.885. The van der Waals surface area contributed by atoms with Crippen LogP contribution in [0.5, 0.6) is 0 Å². The van der Waals surface area contributed by atoms with Gasteiger partial charge in [-0.3, -0.25) is 4.98 Å². The van der Waals surface area contributed by atoms with Crippen LogP contribution < -0.4 is 10.1 Å². The Bertz CT molecular complexity index is 770. The lowest BCUT2D eigenvalue weighted by Gasteiger charge is -2.07. The highest BCUT2D eigenvalue weighted by atomic mass is 79.9. The number of halogens is 1. The Balaban J connectivity index is 2.19. The Morgan fingerprint density at radius 3 is 2.70 bits per heavy atom. The fourth-order valence-electron chi connectivity index (χ4n) is 2.02. The highest BCUT2D eigenvalue weighted by molar-refractivity contribution is 9.10. The molecule has 0 saturated carbocycles. The summed E-state index contributed by atoms with van der Waals surface area (Å²) in [7, 11) is 0. The highest BCUT2D eigenvalue weighted by Crippen LogP contribution is 2.27. The summed E-state index contributed by atoms with van der Waals surface area (Å²) in [6.07, 6.45) is 1.85. The Hall–Kier alpha value is -2.21. The predicted octanol–water partition coefficient (Wildman–Crippen LogP) is 3.30. The SMILES string of the molecule is Cc1ccc(-c2ccc3nc(N)nc(NBr)c3c2)nc1. The molecule has 0 amide bonds. The molecule has 3 aromatic rings. The smallest absolute Gasteiger partial charge is 0.222 e. The van der Waals surface area contributed by atoms with E-state index in [2.05, 4.69) is 35.4 Å². The minimum Gasteiger partial charge on any atom is -0.368 e. The van der Waals surface area contributed by atoms with Crippen molar-refractivity contribution in [2.75, 3.05) is 10.1 Å². The number of anilines is 2. The zero-order chi connectivity index (χ0) is 14.1. The number of hydrogen-bond donors (Lipinski definition) is 2. The summed E-state index contributed by atoms with van der Waals surface area (Å²) in [6.45, 7) is 2.01. The molecule has 0 aliphatic rings. The van der Waals surface area contributed by atoms with Gasteiger partial charge in [0.1, 0.15) is 5.82 Å². The van der Waals surface area contributed by atoms with Crippen LogP contribution in [-0.4, -0.2) is 15.0 Å². The number of nitrogen functional groups attached to an aromatic ring is 1. The number of nitrogens with zero attached hydrogens (tertiary/aromatic N) is 3. The zero-order valence-electron chi connectivity index (χ0n) is 10.8. The van der Waals surface area contributed by atoms with E-state index in [0.717, 1.165) is 27.7 Å². The van der Waals surface area contributed by atoms with E-state index in [1.807, 2.05) is 43.5 Å². The topological polar surface area (TPSA) is 76.7 Å². The molecule has 2 aromatic heterocycles. The van der Waals surface area contributed by atoms with E-state index in [1.54, 1.807) is 0 Å². The number of nitrogens with one attached hydrogen (secondary N) is 1. The molecule has 3 rings (SSSR count). The van der Waals surface area contributed by atoms with Gasteiger partial charge in [-0.05, 0) is 30.7 Å². The Morgan fingerprint density at radius 2 is 2.00 bits per heavy atom. The summed E-state index contributed by atoms with van der Waals surface area (Å²) in [5.41, 5.74) is 9.51. The molecule has 20 heavy (non-hydrogen) atoms. The quantitative estimate of drug-likeness (QED) is 0.705. The van der Waals surface area contributed by atoms with Crippen LogP contribution in [0.1, 0.15) is 5.56 Å². The normalized spacial score (nSPS) is 10.7. The van der Waals surface area contributed by atoms with Crippen LogP contribution in [0.15, 0.2) is 36.5 Å². The van der Waals surface area contributed by atoms with Crippen LogP contribution in [0.3, 0.4) is 0 Å². The number of pyridine rings is 1. The average Bonchev–Trinajstić information content (AvgIpc) is 2.46. The van der Waals surface area contributed by atoms with Crippen LogP contribution in [0, 0.1) is 6.92 Å². The molecule has 0 aliphatic carbocycles. The third-order valence-corrected chi connectivity index (χ3v) is 3.39. The van der Waals surface area contributed by atoms with Crippen LogP contribution in [0.25, 0.3) is 22.2 Å². The van der Waals surface area contributed by atoms with Gasteiger partial charge in [0.25, 0.3) is 0 Å². The molecule has 0 spiro atoms. The van der Waals surface area contributed by atoms with Crippen molar-refractivity contribution in [3.05, 3.63) is 42.1 Å². The number of rotatable bonds is 2. The molecule has 0 aliphatic heterocycles. The standard InChI is InChI=1S/C14H12BrN5/c1-8-2-4-11(17-7-8)9-3-5-12-10(6-9)13(20-15)19-14(16)18-12/h2-7H,1H3,(H3,16,18,19,20). The third kappa shape index (κ3) is 2.30. The number of hydrogen-bond acceptors (Lipinski definition) is 5. The largest absolute Gasteiger partial charge is 0.368 e. The fourth-order valence-corrected chi connectivity index (χ4v) is 2.32. The first-order chi connectivity index (χ1) is 9.67. The molecule has 5 nitrogen and oxygen atoms in total. The number of benzene rings is 1. The number of aryl methyl sites for hydroxylation is 1. The summed E-state index contributed by atoms with van der Waals surface area (Å²) in [6, 6.07) is 9.92. The van der Waals surface area contributed by atoms with Crippen molar-refractivity contribution in [2.24, 2.45) is 0 Å². The van der Waals surface area contributed by atoms with Crippen LogP contribution in [0.4, 0.5) is 11.8 Å². The molecule has 0 radical (unpaired) electrons. The van der Waals surface area contributed by atoms with Crippen LogP contribution >= 0.6 is 16.1 Å². The van der Waals surface area contributed by atoms with Crippen molar-refractivity contribution in [3.8, 4) is 11.3 Å². The van der Waals surface area contributed by atoms with Gasteiger partial charge in [0.15, 0.2) is 0 Å². The maximum Gasteiger partial charge on any atom is 0.222 e. The highest BCUT2D eigenvalue weighted by Gasteiger charge is 2.08. The number of nitrogens with two attached hydrogens (primary N) is 1. The zero-order valence-corrected chi connectivity index (χ0v) is 12.3. The summed E-state index contributed by atoms with van der Waals surface area (Å²) < 4.78 is 2.86. The molecule has 0 atom stereocenters. The maximum absolute atomic E-state index is 5.67. The van der Waals surface area contributed by atoms with Gasteiger partial charge < -0.3 is 10.1 Å². The van der Waals surface area contributed by atoms with E-state index in [1.165, 1.54) is 0 Å². The van der Waals surface area contributed by atoms with Gasteiger partial charge in [0, 0.05) is 33.3 Å². The maximum atomic E-state index is 5.67. The van der Waals surface area contributed by atoms with Crippen LogP contribution in [0.2, 0.25) is 0 Å². The van der Waals surface area contributed by atoms with Crippen molar-refractivity contribution >= 4 is 38.8 Å². The minimum atomic E-state index is 0.237. The van der Waals surface area contributed by atoms with Crippen molar-refractivity contribution in [1.82, 2.24) is 15.0 Å². The van der Waals surface area contributed by atoms with E-state index in [4.69, 9.17) is 5.73 Å². The van der Waals surface area contributed by atoms with E-state index >= 15 is 0 Å². The lowest BCUT2D eigenvalue weighted by atomic mass is 10.1. The van der Waals surface area contributed by atoms with Gasteiger partial charge in [-0.2, -0.15) is 4.98 Å². The van der Waals surface area contributed by atoms with E-state index in [-0.39, 0.29) is 5.95 Å². The van der Waals surface area contributed by atoms with Crippen LogP contribution in [-0.2, 0) is 0 Å². The molecule has 6 heteroatoms. The van der Waals surface area contributed by atoms with Crippen molar-refractivity contribution in [1.29, 1.82) is 0 Å². The lowest BCUT2D eigenvalue weighted by Crippen LogP contribution is -1.98. The van der Waals surface area contributed by atoms with Crippen molar-refractivity contribution in [2.45, 2.75) is 6.92 Å². The first-order valence-corrected chi connectivity index (χ1v) is 6.83. The number of fused-ring (bicyclic) bond motifs is 1. The first-order valence-electron chi connectivity index (χ1n) is 6.04. The Morgan fingerprint density at radius 1 is 1.15 bits per heavy atom. The fraction of sp³-hybridized carbons (Fsp3) is 0.0714. The molecule has 0 saturated heterocycles. The van der Waals surface area contributed by atoms with Gasteiger partial charge in [-0.15, -0.1) is 0 Å². The molecule has 0 unspecified atom stereocenters. The second-order valence-electron chi connectivity index (χ2n) is 4.48. The molecule has 1 aromatic carbocycles. The first kappa shape index (κ1) is 12.8. The Labute approximate surface area is 124 Å². The molecular formula is C14H12BrN5. The van der Waals surface area contributed by atoms with Crippen molar-refractivity contribution < 1.29 is 0 Å². The summed E-state index contributed by atoms with van der Waals surface area (Å²) in [4.78, 5) is 12.8. The Kier molecular flexibility index (Phi) is 3.23. The molecule has 100 valence electrons. The molecule has 2 heterocycles. The molecule has 0 bridgehead atoms. The molecule has 0 fully saturated rings. The van der Waals surface area contributed by atoms with Gasteiger partial charge in [-0.1, -0.05) is 12.1 Å². The van der Waals surface area contributed by atoms with E-state index < -0.39 is 0 Å². The van der Waals surface area contributed by atoms with Gasteiger partial charge in [-0.25, -0.2) is 4.98 Å². The monoisotopic (exact) mass is 329 g/mol. The second kappa shape index (κ2) is 5.05. The van der Waals surface area contributed by atoms with E-state index in [0.29, 0.717) is 5.82 Å². The second-order valence-corrected chi connectivity index (χ2v) is 4.87. The third-order valence-electron chi connectivity index (χ3n) is 3.01.